The predicted octanol–water partition coefficient (Wildman–Crippen LogP) is 4.53. The molecule has 0 amide bonds. The zero-order valence-electron chi connectivity index (χ0n) is 18.8. The third-order valence-corrected chi connectivity index (χ3v) is 6.91. The van der Waals surface area contributed by atoms with Gasteiger partial charge in [-0.15, -0.1) is 0 Å². The third kappa shape index (κ3) is 4.25. The van der Waals surface area contributed by atoms with Crippen LogP contribution in [0.5, 0.6) is 0 Å². The smallest absolute Gasteiger partial charge is 0.169 e. The molecule has 0 saturated heterocycles. The Morgan fingerprint density at radius 2 is 1.47 bits per heavy atom. The Kier molecular flexibility index (Phi) is 5.99. The van der Waals surface area contributed by atoms with E-state index >= 15 is 0 Å². The highest BCUT2D eigenvalue weighted by Crippen LogP contribution is 2.34. The monoisotopic (exact) mass is 499 g/mol. The highest BCUT2D eigenvalue weighted by atomic mass is 35.5. The van der Waals surface area contributed by atoms with Gasteiger partial charge in [0.1, 0.15) is 16.1 Å². The molecule has 11 heteroatoms. The van der Waals surface area contributed by atoms with Gasteiger partial charge in [-0.2, -0.15) is 14.7 Å². The number of hydrogen-bond acceptors (Lipinski definition) is 7. The summed E-state index contributed by atoms with van der Waals surface area (Å²) < 4.78 is 3.40. The second kappa shape index (κ2) is 8.96. The largest absolute Gasteiger partial charge is 0.367 e. The molecule has 4 aromatic rings. The number of hydrogen-bond donors (Lipinski definition) is 1. The van der Waals surface area contributed by atoms with Gasteiger partial charge in [0.2, 0.25) is 0 Å². The molecule has 0 radical (unpaired) electrons. The second-order valence-electron chi connectivity index (χ2n) is 8.82. The van der Waals surface area contributed by atoms with Gasteiger partial charge in [0.05, 0.1) is 29.2 Å². The minimum absolute atomic E-state index is 0.407. The van der Waals surface area contributed by atoms with E-state index < -0.39 is 0 Å². The first kappa shape index (κ1) is 22.7. The molecule has 0 atom stereocenters. The number of aldehydes is 2. The van der Waals surface area contributed by atoms with Gasteiger partial charge >= 0.3 is 0 Å². The summed E-state index contributed by atoms with van der Waals surface area (Å²) in [6.45, 7) is 3.84. The fourth-order valence-corrected chi connectivity index (χ4v) is 4.13. The molecule has 4 heterocycles. The molecule has 4 aromatic heterocycles. The number of rotatable bonds is 6. The first-order valence-electron chi connectivity index (χ1n) is 11.1. The van der Waals surface area contributed by atoms with Crippen LogP contribution in [0.3, 0.4) is 0 Å². The maximum Gasteiger partial charge on any atom is 0.169 e. The van der Waals surface area contributed by atoms with E-state index in [0.717, 1.165) is 60.4 Å². The summed E-state index contributed by atoms with van der Waals surface area (Å²) in [5, 5.41) is 12.7. The summed E-state index contributed by atoms with van der Waals surface area (Å²) in [4.78, 5) is 30.2. The molecule has 0 bridgehead atoms. The average Bonchev–Trinajstić information content (AvgIpc) is 3.75. The van der Waals surface area contributed by atoms with Crippen LogP contribution in [0.4, 0.5) is 5.82 Å². The number of carbonyl (C=O) groups excluding carboxylic acids is 2. The van der Waals surface area contributed by atoms with Crippen molar-refractivity contribution in [3.05, 3.63) is 50.6 Å². The molecular formula is C23H23Cl2N7O2. The van der Waals surface area contributed by atoms with Crippen molar-refractivity contribution in [1.82, 2.24) is 29.2 Å². The van der Waals surface area contributed by atoms with Gasteiger partial charge in [-0.1, -0.05) is 23.2 Å². The fraction of sp³-hybridized carbons (Fsp3) is 0.391. The van der Waals surface area contributed by atoms with E-state index in [1.165, 1.54) is 19.0 Å². The normalized spacial score (nSPS) is 15.3. The highest BCUT2D eigenvalue weighted by Gasteiger charge is 2.26. The van der Waals surface area contributed by atoms with Crippen LogP contribution >= 0.6 is 23.2 Å². The summed E-state index contributed by atoms with van der Waals surface area (Å²) in [6, 6.07) is 0.485. The average molecular weight is 500 g/mol. The number of halogens is 2. The molecule has 34 heavy (non-hydrogen) atoms. The summed E-state index contributed by atoms with van der Waals surface area (Å²) in [6.07, 6.45) is 10.4. The van der Waals surface area contributed by atoms with Crippen molar-refractivity contribution in [1.29, 1.82) is 0 Å². The van der Waals surface area contributed by atoms with Crippen LogP contribution in [0.1, 0.15) is 63.2 Å². The van der Waals surface area contributed by atoms with Gasteiger partial charge in [-0.25, -0.2) is 14.5 Å². The second-order valence-corrected chi connectivity index (χ2v) is 9.54. The van der Waals surface area contributed by atoms with E-state index in [-0.39, 0.29) is 0 Å². The zero-order valence-corrected chi connectivity index (χ0v) is 20.3. The van der Waals surface area contributed by atoms with Crippen LogP contribution in [0, 0.1) is 19.8 Å². The van der Waals surface area contributed by atoms with Crippen molar-refractivity contribution in [3.8, 4) is 0 Å². The van der Waals surface area contributed by atoms with Crippen LogP contribution < -0.4 is 5.32 Å². The quantitative estimate of drug-likeness (QED) is 0.306. The highest BCUT2D eigenvalue weighted by molar-refractivity contribution is 6.30. The van der Waals surface area contributed by atoms with Crippen LogP contribution in [0.15, 0.2) is 12.4 Å². The van der Waals surface area contributed by atoms with E-state index in [1.54, 1.807) is 15.2 Å². The van der Waals surface area contributed by atoms with E-state index in [1.807, 2.05) is 13.8 Å². The molecule has 0 aromatic carbocycles. The van der Waals surface area contributed by atoms with Gasteiger partial charge < -0.3 is 5.32 Å². The van der Waals surface area contributed by atoms with Crippen LogP contribution in [0.25, 0.3) is 11.3 Å². The SMILES string of the molecule is Cc1c(Cl)nc2c(C=O)cnn2c1CC1CC1.Cc1c(Cl)nc2c(C=O)cnn2c1NC1CC1. The lowest BCUT2D eigenvalue weighted by Crippen LogP contribution is -2.10. The maximum absolute atomic E-state index is 10.9. The molecule has 176 valence electrons. The number of aromatic nitrogens is 6. The molecular weight excluding hydrogens is 477 g/mol. The Morgan fingerprint density at radius 3 is 2.03 bits per heavy atom. The van der Waals surface area contributed by atoms with Crippen LogP contribution in [-0.2, 0) is 6.42 Å². The Balaban J connectivity index is 0.000000142. The predicted molar refractivity (Wildman–Crippen MR) is 129 cm³/mol. The van der Waals surface area contributed by atoms with Crippen molar-refractivity contribution in [2.75, 3.05) is 5.32 Å². The third-order valence-electron chi connectivity index (χ3n) is 6.18. The number of fused-ring (bicyclic) bond motifs is 2. The van der Waals surface area contributed by atoms with Crippen molar-refractivity contribution in [2.24, 2.45) is 5.92 Å². The van der Waals surface area contributed by atoms with Crippen molar-refractivity contribution >= 4 is 52.9 Å². The van der Waals surface area contributed by atoms with E-state index in [0.29, 0.717) is 38.8 Å². The van der Waals surface area contributed by atoms with Crippen molar-refractivity contribution in [2.45, 2.75) is 52.0 Å². The van der Waals surface area contributed by atoms with E-state index in [2.05, 4.69) is 25.5 Å². The molecule has 6 rings (SSSR count). The Hall–Kier alpha value is -3.04. The lowest BCUT2D eigenvalue weighted by Gasteiger charge is -2.11. The van der Waals surface area contributed by atoms with Crippen LogP contribution in [-0.4, -0.2) is 47.8 Å². The topological polar surface area (TPSA) is 107 Å². The zero-order chi connectivity index (χ0) is 24.0. The van der Waals surface area contributed by atoms with Crippen LogP contribution in [0.2, 0.25) is 10.3 Å². The molecule has 2 aliphatic carbocycles. The number of nitrogens with one attached hydrogen (secondary N) is 1. The first-order chi connectivity index (χ1) is 16.4. The van der Waals surface area contributed by atoms with Crippen molar-refractivity contribution < 1.29 is 9.59 Å². The minimum atomic E-state index is 0.407. The summed E-state index contributed by atoms with van der Waals surface area (Å²) in [5.41, 5.74) is 4.90. The lowest BCUT2D eigenvalue weighted by molar-refractivity contribution is 0.111. The maximum atomic E-state index is 10.9. The number of anilines is 1. The minimum Gasteiger partial charge on any atom is -0.367 e. The first-order valence-corrected chi connectivity index (χ1v) is 11.9. The molecule has 1 N–H and O–H groups in total. The Bertz CT molecular complexity index is 1310. The fourth-order valence-electron chi connectivity index (χ4n) is 3.77. The van der Waals surface area contributed by atoms with Gasteiger partial charge in [-0.3, -0.25) is 9.59 Å². The van der Waals surface area contributed by atoms with Gasteiger partial charge in [0.15, 0.2) is 23.9 Å². The molecule has 0 spiro atoms. The Labute approximate surface area is 205 Å². The van der Waals surface area contributed by atoms with Gasteiger partial charge in [-0.05, 0) is 51.9 Å². The Morgan fingerprint density at radius 1 is 0.912 bits per heavy atom. The van der Waals surface area contributed by atoms with E-state index in [4.69, 9.17) is 23.2 Å². The summed E-state index contributed by atoms with van der Waals surface area (Å²) in [5.74, 6) is 1.56. The molecule has 2 fully saturated rings. The summed E-state index contributed by atoms with van der Waals surface area (Å²) in [7, 11) is 0. The number of nitrogens with zero attached hydrogens (tertiary/aromatic N) is 6. The molecule has 0 unspecified atom stereocenters. The number of carbonyl (C=O) groups is 2. The lowest BCUT2D eigenvalue weighted by atomic mass is 10.1. The van der Waals surface area contributed by atoms with Crippen molar-refractivity contribution in [3.63, 3.8) is 0 Å². The molecule has 9 nitrogen and oxygen atoms in total. The standard InChI is InChI=1S/C12H12ClN3O.C11H11ClN4O/c1-7-10(4-8-2-3-8)16-12(15-11(7)13)9(6-17)5-14-16;1-6-9(12)15-11-7(5-17)4-13-16(11)10(6)14-8-2-3-8/h5-6,8H,2-4H2,1H3;4-5,8,14H,2-3H2,1H3. The molecule has 0 aliphatic heterocycles. The summed E-state index contributed by atoms with van der Waals surface area (Å²) >= 11 is 12.2. The van der Waals surface area contributed by atoms with Gasteiger partial charge in [0, 0.05) is 17.2 Å². The van der Waals surface area contributed by atoms with Gasteiger partial charge in [0.25, 0.3) is 0 Å². The molecule has 2 saturated carbocycles. The molecule has 2 aliphatic rings. The van der Waals surface area contributed by atoms with E-state index in [9.17, 15) is 9.59 Å².